The lowest BCUT2D eigenvalue weighted by atomic mass is 10.1. The first-order valence-corrected chi connectivity index (χ1v) is 8.25. The van der Waals surface area contributed by atoms with Crippen molar-refractivity contribution in [2.24, 2.45) is 5.92 Å². The Morgan fingerprint density at radius 2 is 1.56 bits per heavy atom. The highest BCUT2D eigenvalue weighted by Gasteiger charge is 2.06. The molecule has 0 amide bonds. The number of nitrogens with zero attached hydrogens (tertiary/aromatic N) is 1. The van der Waals surface area contributed by atoms with E-state index < -0.39 is 12.6 Å². The summed E-state index contributed by atoms with van der Waals surface area (Å²) in [4.78, 5) is 2.05. The average Bonchev–Trinajstić information content (AvgIpc) is 2.65. The Morgan fingerprint density at radius 1 is 1.00 bits per heavy atom. The van der Waals surface area contributed by atoms with Gasteiger partial charge in [-0.3, -0.25) is 4.39 Å². The standard InChI is InChI=1S/C21H24FNO2/c1-23(2)21-11-9-18(10-12-21)4-3-17-5-7-19(8-6-17)15-25-16-20(13-22)14-24/h5-12,20,24H,13-16H2,1-2H3/i22-1. The summed E-state index contributed by atoms with van der Waals surface area (Å²) in [7, 11) is 4.01. The van der Waals surface area contributed by atoms with Crippen LogP contribution in [0.5, 0.6) is 0 Å². The minimum absolute atomic E-state index is 0.194. The molecule has 0 radical (unpaired) electrons. The molecule has 1 atom stereocenters. The fraction of sp³-hybridized carbons (Fsp3) is 0.333. The summed E-state index contributed by atoms with van der Waals surface area (Å²) < 4.78 is 17.9. The molecule has 2 aromatic carbocycles. The van der Waals surface area contributed by atoms with Crippen molar-refractivity contribution in [1.82, 2.24) is 0 Å². The lowest BCUT2D eigenvalue weighted by Gasteiger charge is -2.11. The number of hydrogen-bond acceptors (Lipinski definition) is 3. The third-order valence-corrected chi connectivity index (χ3v) is 3.79. The van der Waals surface area contributed by atoms with Crippen LogP contribution in [0.3, 0.4) is 0 Å². The van der Waals surface area contributed by atoms with Gasteiger partial charge in [0.25, 0.3) is 0 Å². The predicted molar refractivity (Wildman–Crippen MR) is 99.4 cm³/mol. The summed E-state index contributed by atoms with van der Waals surface area (Å²) in [6.07, 6.45) is 0. The third kappa shape index (κ3) is 6.22. The molecular weight excluding hydrogens is 316 g/mol. The van der Waals surface area contributed by atoms with E-state index in [2.05, 4.69) is 11.8 Å². The van der Waals surface area contributed by atoms with Gasteiger partial charge in [0.15, 0.2) is 0 Å². The number of aliphatic hydroxyl groups is 1. The van der Waals surface area contributed by atoms with E-state index in [9.17, 15) is 4.39 Å². The number of rotatable bonds is 7. The second kappa shape index (κ2) is 9.83. The summed E-state index contributed by atoms with van der Waals surface area (Å²) in [5, 5.41) is 8.92. The molecule has 2 aromatic rings. The van der Waals surface area contributed by atoms with Gasteiger partial charge in [-0.05, 0) is 42.0 Å². The summed E-state index contributed by atoms with van der Waals surface area (Å²) >= 11 is 0. The molecule has 1 N–H and O–H groups in total. The Morgan fingerprint density at radius 3 is 2.04 bits per heavy atom. The molecule has 3 nitrogen and oxygen atoms in total. The molecule has 0 heterocycles. The van der Waals surface area contributed by atoms with Crippen molar-refractivity contribution < 1.29 is 14.2 Å². The van der Waals surface area contributed by atoms with Crippen molar-refractivity contribution in [1.29, 1.82) is 0 Å². The van der Waals surface area contributed by atoms with Crippen LogP contribution in [0.4, 0.5) is 10.1 Å². The Hall–Kier alpha value is -2.35. The van der Waals surface area contributed by atoms with Crippen LogP contribution in [-0.2, 0) is 11.3 Å². The zero-order valence-corrected chi connectivity index (χ0v) is 14.7. The number of hydrogen-bond donors (Lipinski definition) is 1. The number of halogens is 1. The van der Waals surface area contributed by atoms with Crippen LogP contribution in [0.15, 0.2) is 48.5 Å². The highest BCUT2D eigenvalue weighted by atomic mass is 18.2. The molecule has 0 aromatic heterocycles. The van der Waals surface area contributed by atoms with E-state index in [0.29, 0.717) is 6.61 Å². The number of benzene rings is 2. The highest BCUT2D eigenvalue weighted by Crippen LogP contribution is 2.12. The van der Waals surface area contributed by atoms with Crippen molar-refractivity contribution in [2.75, 3.05) is 38.9 Å². The third-order valence-electron chi connectivity index (χ3n) is 3.79. The Bertz CT molecular complexity index is 695. The monoisotopic (exact) mass is 340 g/mol. The fourth-order valence-corrected chi connectivity index (χ4v) is 2.16. The maximum Gasteiger partial charge on any atom is 0.0966 e. The molecular formula is C21H24FNO2. The zero-order chi connectivity index (χ0) is 18.1. The zero-order valence-electron chi connectivity index (χ0n) is 14.7. The normalized spacial score (nSPS) is 11.5. The molecule has 25 heavy (non-hydrogen) atoms. The average molecular weight is 340 g/mol. The van der Waals surface area contributed by atoms with Crippen LogP contribution in [0.25, 0.3) is 0 Å². The van der Waals surface area contributed by atoms with E-state index in [0.717, 1.165) is 22.4 Å². The molecule has 0 aliphatic heterocycles. The second-order valence-electron chi connectivity index (χ2n) is 6.11. The van der Waals surface area contributed by atoms with Gasteiger partial charge in [-0.25, -0.2) is 0 Å². The number of aliphatic hydroxyl groups excluding tert-OH is 1. The molecule has 0 aliphatic carbocycles. The van der Waals surface area contributed by atoms with E-state index in [1.165, 1.54) is 0 Å². The van der Waals surface area contributed by atoms with Crippen molar-refractivity contribution >= 4 is 5.69 Å². The van der Waals surface area contributed by atoms with Gasteiger partial charge in [-0.1, -0.05) is 24.0 Å². The van der Waals surface area contributed by atoms with Crippen LogP contribution in [0.1, 0.15) is 16.7 Å². The molecule has 2 rings (SSSR count). The van der Waals surface area contributed by atoms with Gasteiger partial charge in [0.2, 0.25) is 0 Å². The van der Waals surface area contributed by atoms with Crippen LogP contribution in [-0.4, -0.2) is 39.1 Å². The van der Waals surface area contributed by atoms with Crippen molar-refractivity contribution in [2.45, 2.75) is 6.61 Å². The van der Waals surface area contributed by atoms with E-state index in [-0.39, 0.29) is 13.2 Å². The van der Waals surface area contributed by atoms with Crippen molar-refractivity contribution in [3.8, 4) is 11.8 Å². The van der Waals surface area contributed by atoms with E-state index >= 15 is 0 Å². The molecule has 0 bridgehead atoms. The summed E-state index contributed by atoms with van der Waals surface area (Å²) in [6, 6.07) is 15.9. The first kappa shape index (κ1) is 19.0. The van der Waals surface area contributed by atoms with E-state index in [1.807, 2.05) is 67.5 Å². The lowest BCUT2D eigenvalue weighted by molar-refractivity contribution is 0.0528. The highest BCUT2D eigenvalue weighted by molar-refractivity contribution is 5.51. The van der Waals surface area contributed by atoms with Gasteiger partial charge in [-0.2, -0.15) is 0 Å². The second-order valence-corrected chi connectivity index (χ2v) is 6.11. The first-order chi connectivity index (χ1) is 12.1. The van der Waals surface area contributed by atoms with Gasteiger partial charge in [-0.15, -0.1) is 0 Å². The predicted octanol–water partition coefficient (Wildman–Crippen LogP) is 3.25. The van der Waals surface area contributed by atoms with Gasteiger partial charge >= 0.3 is 0 Å². The van der Waals surface area contributed by atoms with Crippen molar-refractivity contribution in [3.63, 3.8) is 0 Å². The van der Waals surface area contributed by atoms with Gasteiger partial charge in [0.05, 0.1) is 26.5 Å². The summed E-state index contributed by atoms with van der Waals surface area (Å²) in [5.74, 6) is 5.85. The maximum atomic E-state index is 12.5. The summed E-state index contributed by atoms with van der Waals surface area (Å²) in [6.45, 7) is -0.144. The van der Waals surface area contributed by atoms with Crippen LogP contribution < -0.4 is 4.90 Å². The Kier molecular flexibility index (Phi) is 7.46. The smallest absolute Gasteiger partial charge is 0.0966 e. The quantitative estimate of drug-likeness (QED) is 0.786. The van der Waals surface area contributed by atoms with Gasteiger partial charge in [0, 0.05) is 36.8 Å². The van der Waals surface area contributed by atoms with Crippen LogP contribution in [0.2, 0.25) is 0 Å². The molecule has 132 valence electrons. The number of alkyl halides is 1. The van der Waals surface area contributed by atoms with Gasteiger partial charge in [0.1, 0.15) is 0 Å². The molecule has 0 saturated carbocycles. The van der Waals surface area contributed by atoms with E-state index in [4.69, 9.17) is 9.84 Å². The topological polar surface area (TPSA) is 32.7 Å². The maximum absolute atomic E-state index is 12.5. The molecule has 0 saturated heterocycles. The number of ether oxygens (including phenoxy) is 1. The minimum Gasteiger partial charge on any atom is -0.396 e. The van der Waals surface area contributed by atoms with Gasteiger partial charge < -0.3 is 14.7 Å². The van der Waals surface area contributed by atoms with Crippen molar-refractivity contribution in [3.05, 3.63) is 65.2 Å². The van der Waals surface area contributed by atoms with Crippen LogP contribution >= 0.6 is 0 Å². The number of anilines is 1. The fourth-order valence-electron chi connectivity index (χ4n) is 2.16. The van der Waals surface area contributed by atoms with Crippen LogP contribution in [0, 0.1) is 17.8 Å². The SMILES string of the molecule is CN(C)c1ccc(C#Cc2ccc(COCC(CO)C[18F])cc2)cc1. The molecule has 0 spiro atoms. The Labute approximate surface area is 149 Å². The molecule has 4 heteroatoms. The molecule has 0 aliphatic rings. The first-order valence-electron chi connectivity index (χ1n) is 8.25. The minimum atomic E-state index is -0.569. The molecule has 0 fully saturated rings. The lowest BCUT2D eigenvalue weighted by Crippen LogP contribution is -2.15. The largest absolute Gasteiger partial charge is 0.396 e. The molecule has 1 unspecified atom stereocenters. The Balaban J connectivity index is 1.90. The summed E-state index contributed by atoms with van der Waals surface area (Å²) in [5.41, 5.74) is 4.04. The van der Waals surface area contributed by atoms with E-state index in [1.54, 1.807) is 0 Å².